The highest BCUT2D eigenvalue weighted by Crippen LogP contribution is 2.51. The molecule has 0 aliphatic carbocycles. The molecule has 0 radical (unpaired) electrons. The van der Waals surface area contributed by atoms with Gasteiger partial charge in [-0.2, -0.15) is 0 Å². The van der Waals surface area contributed by atoms with Gasteiger partial charge in [0.1, 0.15) is 41.0 Å². The molecule has 0 aromatic carbocycles. The smallest absolute Gasteiger partial charge is 0.339 e. The van der Waals surface area contributed by atoms with E-state index < -0.39 is 53.3 Å². The highest BCUT2D eigenvalue weighted by atomic mass is 16.7. The number of ether oxygens (including phenoxy) is 4. The SMILES string of the molecule is COc1cc(=O)oc(/C=C/C=C/C=C/[C@@H]2O[C@]3(C)[C@@H](OC(C)=O)[C@@](C)(O[C@@H]3[C@@H](C)O)[C@H]2O)c1C. The molecule has 1 aromatic rings. The maximum atomic E-state index is 11.7. The van der Waals surface area contributed by atoms with Crippen LogP contribution < -0.4 is 10.4 Å². The number of aliphatic hydroxyl groups excluding tert-OH is 2. The summed E-state index contributed by atoms with van der Waals surface area (Å²) in [4.78, 5) is 23.3. The zero-order chi connectivity index (χ0) is 25.3. The number of carbonyl (C=O) groups excluding carboxylic acids is 1. The Hall–Kier alpha value is -2.72. The molecule has 0 spiro atoms. The number of methoxy groups -OCH3 is 1. The molecule has 7 atom stereocenters. The van der Waals surface area contributed by atoms with Gasteiger partial charge < -0.3 is 33.6 Å². The van der Waals surface area contributed by atoms with Gasteiger partial charge in [-0.3, -0.25) is 4.79 Å². The molecule has 3 heterocycles. The van der Waals surface area contributed by atoms with Gasteiger partial charge in [0.25, 0.3) is 0 Å². The molecular formula is C25H32O9. The van der Waals surface area contributed by atoms with Crippen LogP contribution in [0, 0.1) is 6.92 Å². The molecule has 2 fully saturated rings. The first kappa shape index (κ1) is 25.9. The van der Waals surface area contributed by atoms with Crippen LogP contribution in [0.1, 0.15) is 39.0 Å². The highest BCUT2D eigenvalue weighted by Gasteiger charge is 2.71. The number of carbonyl (C=O) groups is 1. The molecule has 2 aliphatic rings. The van der Waals surface area contributed by atoms with Crippen LogP contribution in [-0.4, -0.2) is 65.0 Å². The number of fused-ring (bicyclic) bond motifs is 2. The maximum Gasteiger partial charge on any atom is 0.339 e. The van der Waals surface area contributed by atoms with E-state index in [0.29, 0.717) is 17.1 Å². The van der Waals surface area contributed by atoms with Gasteiger partial charge in [0.05, 0.1) is 19.3 Å². The van der Waals surface area contributed by atoms with Crippen LogP contribution in [0.15, 0.2) is 45.7 Å². The summed E-state index contributed by atoms with van der Waals surface area (Å²) < 4.78 is 28.0. The second-order valence-corrected chi connectivity index (χ2v) is 8.92. The van der Waals surface area contributed by atoms with Crippen molar-refractivity contribution in [3.63, 3.8) is 0 Å². The first-order chi connectivity index (χ1) is 15.9. The topological polar surface area (TPSA) is 125 Å². The third-order valence-corrected chi connectivity index (χ3v) is 6.30. The van der Waals surface area contributed by atoms with Crippen LogP contribution in [-0.2, 0) is 19.0 Å². The lowest BCUT2D eigenvalue weighted by molar-refractivity contribution is -0.236. The highest BCUT2D eigenvalue weighted by molar-refractivity contribution is 5.66. The minimum atomic E-state index is -1.26. The Morgan fingerprint density at radius 1 is 1.18 bits per heavy atom. The standard InChI is InChI=1S/C25H32O9/c1-14-17(32-20(28)13-19(14)30-6)11-9-7-8-10-12-18-21(29)24(4)23(31-16(3)27)25(5,33-18)22(34-24)15(2)26/h7-13,15,18,21-23,26,29H,1-6H3/b8-7+,11-9+,12-10+/t15-,18+,21+,22-,23+,24+,25+/m1/s1. The molecule has 2 bridgehead atoms. The Balaban J connectivity index is 1.76. The monoisotopic (exact) mass is 476 g/mol. The van der Waals surface area contributed by atoms with Crippen molar-refractivity contribution in [2.45, 2.75) is 76.3 Å². The molecule has 3 rings (SSSR count). The van der Waals surface area contributed by atoms with Crippen molar-refractivity contribution >= 4 is 12.0 Å². The molecular weight excluding hydrogens is 444 g/mol. The molecule has 9 heteroatoms. The van der Waals surface area contributed by atoms with Gasteiger partial charge in [0.2, 0.25) is 0 Å². The fourth-order valence-electron chi connectivity index (χ4n) is 4.70. The lowest BCUT2D eigenvalue weighted by Gasteiger charge is -2.47. The Labute approximate surface area is 198 Å². The minimum absolute atomic E-state index is 0.388. The zero-order valence-electron chi connectivity index (χ0n) is 20.2. The predicted molar refractivity (Wildman–Crippen MR) is 123 cm³/mol. The van der Waals surface area contributed by atoms with Crippen molar-refractivity contribution in [3.8, 4) is 5.75 Å². The van der Waals surface area contributed by atoms with Gasteiger partial charge in [-0.25, -0.2) is 4.79 Å². The van der Waals surface area contributed by atoms with Gasteiger partial charge in [-0.15, -0.1) is 0 Å². The fourth-order valence-corrected chi connectivity index (χ4v) is 4.70. The van der Waals surface area contributed by atoms with Crippen LogP contribution in [0.5, 0.6) is 5.75 Å². The number of esters is 1. The molecule has 2 N–H and O–H groups in total. The third kappa shape index (κ3) is 4.74. The first-order valence-corrected chi connectivity index (χ1v) is 11.0. The van der Waals surface area contributed by atoms with Gasteiger partial charge in [-0.05, 0) is 33.8 Å². The van der Waals surface area contributed by atoms with Crippen LogP contribution in [0.2, 0.25) is 0 Å². The molecule has 2 saturated heterocycles. The van der Waals surface area contributed by atoms with Gasteiger partial charge in [0.15, 0.2) is 6.10 Å². The van der Waals surface area contributed by atoms with Crippen LogP contribution in [0.3, 0.4) is 0 Å². The van der Waals surface area contributed by atoms with Crippen molar-refractivity contribution in [2.75, 3.05) is 7.11 Å². The Morgan fingerprint density at radius 2 is 1.85 bits per heavy atom. The summed E-state index contributed by atoms with van der Waals surface area (Å²) in [5.74, 6) is 0.308. The lowest BCUT2D eigenvalue weighted by atomic mass is 9.77. The lowest BCUT2D eigenvalue weighted by Crippen LogP contribution is -2.66. The van der Waals surface area contributed by atoms with Gasteiger partial charge in [0, 0.05) is 12.5 Å². The summed E-state index contributed by atoms with van der Waals surface area (Å²) >= 11 is 0. The Kier molecular flexibility index (Phi) is 7.52. The number of allylic oxidation sites excluding steroid dienone is 4. The minimum Gasteiger partial charge on any atom is -0.496 e. The molecule has 34 heavy (non-hydrogen) atoms. The Bertz CT molecular complexity index is 1050. The molecule has 2 aliphatic heterocycles. The van der Waals surface area contributed by atoms with E-state index in [9.17, 15) is 19.8 Å². The molecule has 0 unspecified atom stereocenters. The summed E-state index contributed by atoms with van der Waals surface area (Å²) in [5, 5.41) is 21.2. The van der Waals surface area contributed by atoms with E-state index in [1.165, 1.54) is 20.1 Å². The zero-order valence-corrected chi connectivity index (χ0v) is 20.2. The summed E-state index contributed by atoms with van der Waals surface area (Å²) in [6, 6.07) is 1.28. The number of hydrogen-bond donors (Lipinski definition) is 2. The Morgan fingerprint density at radius 3 is 2.47 bits per heavy atom. The van der Waals surface area contributed by atoms with Crippen molar-refractivity contribution in [1.29, 1.82) is 0 Å². The van der Waals surface area contributed by atoms with Gasteiger partial charge in [-0.1, -0.05) is 30.4 Å². The van der Waals surface area contributed by atoms with Crippen LogP contribution in [0.25, 0.3) is 6.08 Å². The number of hydrogen-bond acceptors (Lipinski definition) is 9. The van der Waals surface area contributed by atoms with E-state index in [1.54, 1.807) is 64.2 Å². The van der Waals surface area contributed by atoms with Crippen LogP contribution >= 0.6 is 0 Å². The van der Waals surface area contributed by atoms with E-state index in [-0.39, 0.29) is 0 Å². The summed E-state index contributed by atoms with van der Waals surface area (Å²) in [7, 11) is 1.48. The van der Waals surface area contributed by atoms with Crippen molar-refractivity contribution in [2.24, 2.45) is 0 Å². The van der Waals surface area contributed by atoms with E-state index in [0.717, 1.165) is 0 Å². The average Bonchev–Trinajstić information content (AvgIpc) is 2.93. The average molecular weight is 477 g/mol. The largest absolute Gasteiger partial charge is 0.496 e. The van der Waals surface area contributed by atoms with E-state index in [4.69, 9.17) is 23.4 Å². The van der Waals surface area contributed by atoms with Crippen LogP contribution in [0.4, 0.5) is 0 Å². The molecule has 186 valence electrons. The molecule has 0 amide bonds. The maximum absolute atomic E-state index is 11.7. The second-order valence-electron chi connectivity index (χ2n) is 8.92. The van der Waals surface area contributed by atoms with Crippen molar-refractivity contribution in [1.82, 2.24) is 0 Å². The molecule has 1 aromatic heterocycles. The first-order valence-electron chi connectivity index (χ1n) is 11.0. The predicted octanol–water partition coefficient (Wildman–Crippen LogP) is 2.07. The molecule has 0 saturated carbocycles. The second kappa shape index (κ2) is 9.87. The van der Waals surface area contributed by atoms with Crippen molar-refractivity contribution in [3.05, 3.63) is 58.2 Å². The summed E-state index contributed by atoms with van der Waals surface area (Å²) in [5.41, 5.74) is -2.22. The summed E-state index contributed by atoms with van der Waals surface area (Å²) in [6.07, 6.45) is 5.63. The van der Waals surface area contributed by atoms with E-state index in [1.807, 2.05) is 0 Å². The number of rotatable bonds is 7. The molecule has 9 nitrogen and oxygen atoms in total. The third-order valence-electron chi connectivity index (χ3n) is 6.30. The van der Waals surface area contributed by atoms with Gasteiger partial charge >= 0.3 is 11.6 Å². The normalized spacial score (nSPS) is 34.2. The van der Waals surface area contributed by atoms with E-state index in [2.05, 4.69) is 0 Å². The van der Waals surface area contributed by atoms with E-state index >= 15 is 0 Å². The van der Waals surface area contributed by atoms with Crippen molar-refractivity contribution < 1.29 is 38.4 Å². The fraction of sp³-hybridized carbons (Fsp3) is 0.520. The quantitative estimate of drug-likeness (QED) is 0.449. The summed E-state index contributed by atoms with van der Waals surface area (Å²) in [6.45, 7) is 7.98. The number of aliphatic hydroxyl groups is 2.